The van der Waals surface area contributed by atoms with Gasteiger partial charge in [-0.25, -0.2) is 0 Å². The minimum absolute atomic E-state index is 0.563. The molecule has 0 nitrogen and oxygen atoms in total. The van der Waals surface area contributed by atoms with Gasteiger partial charge in [-0.3, -0.25) is 0 Å². The van der Waals surface area contributed by atoms with Gasteiger partial charge in [0.2, 0.25) is 0 Å². The zero-order valence-corrected chi connectivity index (χ0v) is 8.01. The van der Waals surface area contributed by atoms with E-state index in [1.165, 1.54) is 11.1 Å². The molecule has 0 aliphatic heterocycles. The summed E-state index contributed by atoms with van der Waals surface area (Å²) in [7, 11) is 0. The van der Waals surface area contributed by atoms with Gasteiger partial charge in [0.25, 0.3) is 0 Å². The van der Waals surface area contributed by atoms with Crippen LogP contribution in [-0.4, -0.2) is 0 Å². The third kappa shape index (κ3) is 2.69. The molecule has 0 saturated heterocycles. The standard InChI is InChI=1S/C12H17/c1-4-10(2)9-12-7-5-11(3)6-8-12/h5-8,10H,2,4,9H2,1,3H3/q-1. The predicted octanol–water partition coefficient (Wildman–Crippen LogP) is 3.40. The average Bonchev–Trinajstić information content (AvgIpc) is 2.09. The molecule has 66 valence electrons. The summed E-state index contributed by atoms with van der Waals surface area (Å²) in [5.41, 5.74) is 2.73. The van der Waals surface area contributed by atoms with Crippen molar-refractivity contribution in [3.8, 4) is 0 Å². The average molecular weight is 161 g/mol. The van der Waals surface area contributed by atoms with Gasteiger partial charge in [0.1, 0.15) is 0 Å². The monoisotopic (exact) mass is 161 g/mol. The van der Waals surface area contributed by atoms with Gasteiger partial charge in [-0.1, -0.05) is 55.2 Å². The quantitative estimate of drug-likeness (QED) is 0.596. The molecule has 0 fully saturated rings. The highest BCUT2D eigenvalue weighted by Gasteiger charge is 1.94. The van der Waals surface area contributed by atoms with E-state index in [0.717, 1.165) is 12.8 Å². The van der Waals surface area contributed by atoms with E-state index in [1.54, 1.807) is 0 Å². The Morgan fingerprint density at radius 2 is 1.83 bits per heavy atom. The molecule has 1 aromatic rings. The fourth-order valence-electron chi connectivity index (χ4n) is 1.20. The first kappa shape index (κ1) is 9.31. The SMILES string of the molecule is [CH2-]C(CC)Cc1ccc(C)cc1. The summed E-state index contributed by atoms with van der Waals surface area (Å²) in [6.07, 6.45) is 2.27. The molecule has 0 N–H and O–H groups in total. The Bertz CT molecular complexity index is 220. The van der Waals surface area contributed by atoms with Crippen molar-refractivity contribution in [1.82, 2.24) is 0 Å². The van der Waals surface area contributed by atoms with Gasteiger partial charge in [0, 0.05) is 0 Å². The Kier molecular flexibility index (Phi) is 3.33. The van der Waals surface area contributed by atoms with Crippen LogP contribution in [0.15, 0.2) is 24.3 Å². The Balaban J connectivity index is 2.58. The smallest absolute Gasteiger partial charge is 0.0398 e. The molecule has 1 aromatic carbocycles. The lowest BCUT2D eigenvalue weighted by Crippen LogP contribution is -1.97. The minimum atomic E-state index is 0.563. The Hall–Kier alpha value is -0.780. The van der Waals surface area contributed by atoms with Gasteiger partial charge in [0.05, 0.1) is 0 Å². The Morgan fingerprint density at radius 1 is 1.25 bits per heavy atom. The summed E-state index contributed by atoms with van der Waals surface area (Å²) in [6.45, 7) is 8.38. The molecule has 0 spiro atoms. The van der Waals surface area contributed by atoms with Crippen LogP contribution in [0.25, 0.3) is 0 Å². The van der Waals surface area contributed by atoms with Gasteiger partial charge in [0.15, 0.2) is 0 Å². The second kappa shape index (κ2) is 4.30. The summed E-state index contributed by atoms with van der Waals surface area (Å²) in [5, 5.41) is 0. The van der Waals surface area contributed by atoms with Gasteiger partial charge < -0.3 is 6.92 Å². The topological polar surface area (TPSA) is 0 Å². The highest BCUT2D eigenvalue weighted by Crippen LogP contribution is 2.11. The van der Waals surface area contributed by atoms with E-state index in [-0.39, 0.29) is 0 Å². The maximum absolute atomic E-state index is 4.07. The number of aryl methyl sites for hydroxylation is 1. The van der Waals surface area contributed by atoms with Gasteiger partial charge >= 0.3 is 0 Å². The van der Waals surface area contributed by atoms with Crippen LogP contribution >= 0.6 is 0 Å². The molecule has 0 heteroatoms. The predicted molar refractivity (Wildman–Crippen MR) is 54.0 cm³/mol. The summed E-state index contributed by atoms with van der Waals surface area (Å²) in [4.78, 5) is 0. The lowest BCUT2D eigenvalue weighted by Gasteiger charge is -2.14. The Morgan fingerprint density at radius 3 is 2.33 bits per heavy atom. The maximum atomic E-state index is 4.07. The van der Waals surface area contributed by atoms with E-state index in [4.69, 9.17) is 0 Å². The normalized spacial score (nSPS) is 12.9. The molecule has 0 aliphatic carbocycles. The van der Waals surface area contributed by atoms with Crippen molar-refractivity contribution < 1.29 is 0 Å². The zero-order chi connectivity index (χ0) is 8.97. The molecule has 0 bridgehead atoms. The van der Waals surface area contributed by atoms with Crippen LogP contribution in [0.2, 0.25) is 0 Å². The highest BCUT2D eigenvalue weighted by atomic mass is 14.0. The maximum Gasteiger partial charge on any atom is -0.0398 e. The van der Waals surface area contributed by atoms with E-state index in [2.05, 4.69) is 45.0 Å². The first-order chi connectivity index (χ1) is 5.72. The van der Waals surface area contributed by atoms with Crippen LogP contribution in [0, 0.1) is 19.8 Å². The molecule has 0 aliphatic rings. The molecule has 1 unspecified atom stereocenters. The molecule has 0 saturated carbocycles. The van der Waals surface area contributed by atoms with Crippen molar-refractivity contribution in [3.63, 3.8) is 0 Å². The second-order valence-electron chi connectivity index (χ2n) is 3.46. The third-order valence-electron chi connectivity index (χ3n) is 2.22. The molecular formula is C12H17-. The summed E-state index contributed by atoms with van der Waals surface area (Å²) < 4.78 is 0. The van der Waals surface area contributed by atoms with Crippen molar-refractivity contribution in [2.45, 2.75) is 26.7 Å². The van der Waals surface area contributed by atoms with Crippen LogP contribution in [0.1, 0.15) is 24.5 Å². The fourth-order valence-corrected chi connectivity index (χ4v) is 1.20. The van der Waals surface area contributed by atoms with Crippen molar-refractivity contribution in [2.75, 3.05) is 0 Å². The van der Waals surface area contributed by atoms with Gasteiger partial charge in [-0.15, -0.1) is 0 Å². The molecule has 0 radical (unpaired) electrons. The first-order valence-corrected chi connectivity index (χ1v) is 4.61. The lowest BCUT2D eigenvalue weighted by atomic mass is 9.98. The van der Waals surface area contributed by atoms with Crippen LogP contribution in [0.5, 0.6) is 0 Å². The van der Waals surface area contributed by atoms with Gasteiger partial charge in [-0.05, 0) is 6.92 Å². The molecular weight excluding hydrogens is 144 g/mol. The number of benzene rings is 1. The largest absolute Gasteiger partial charge is 0.340 e. The van der Waals surface area contributed by atoms with Gasteiger partial charge in [-0.2, -0.15) is 5.92 Å². The van der Waals surface area contributed by atoms with Crippen LogP contribution in [-0.2, 0) is 6.42 Å². The summed E-state index contributed by atoms with van der Waals surface area (Å²) in [6, 6.07) is 8.72. The summed E-state index contributed by atoms with van der Waals surface area (Å²) in [5.74, 6) is 0.563. The molecule has 0 aromatic heterocycles. The number of hydrogen-bond acceptors (Lipinski definition) is 0. The third-order valence-corrected chi connectivity index (χ3v) is 2.22. The zero-order valence-electron chi connectivity index (χ0n) is 8.01. The Labute approximate surface area is 75.6 Å². The van der Waals surface area contributed by atoms with Crippen molar-refractivity contribution in [2.24, 2.45) is 5.92 Å². The lowest BCUT2D eigenvalue weighted by molar-refractivity contribution is 0.620. The van der Waals surface area contributed by atoms with Crippen LogP contribution in [0.3, 0.4) is 0 Å². The fraction of sp³-hybridized carbons (Fsp3) is 0.417. The minimum Gasteiger partial charge on any atom is -0.340 e. The van der Waals surface area contributed by atoms with Crippen molar-refractivity contribution in [3.05, 3.63) is 42.3 Å². The molecule has 0 heterocycles. The van der Waals surface area contributed by atoms with Crippen molar-refractivity contribution >= 4 is 0 Å². The molecule has 0 amide bonds. The summed E-state index contributed by atoms with van der Waals surface area (Å²) >= 11 is 0. The molecule has 12 heavy (non-hydrogen) atoms. The van der Waals surface area contributed by atoms with E-state index in [9.17, 15) is 0 Å². The highest BCUT2D eigenvalue weighted by molar-refractivity contribution is 5.21. The number of rotatable bonds is 3. The van der Waals surface area contributed by atoms with Crippen LogP contribution < -0.4 is 0 Å². The van der Waals surface area contributed by atoms with Crippen molar-refractivity contribution in [1.29, 1.82) is 0 Å². The van der Waals surface area contributed by atoms with E-state index >= 15 is 0 Å². The molecule has 1 rings (SSSR count). The molecule has 1 atom stereocenters. The first-order valence-electron chi connectivity index (χ1n) is 4.61. The number of hydrogen-bond donors (Lipinski definition) is 0. The van der Waals surface area contributed by atoms with E-state index in [0.29, 0.717) is 5.92 Å². The second-order valence-corrected chi connectivity index (χ2v) is 3.46. The van der Waals surface area contributed by atoms with E-state index in [1.807, 2.05) is 0 Å². The van der Waals surface area contributed by atoms with E-state index < -0.39 is 0 Å². The van der Waals surface area contributed by atoms with Crippen LogP contribution in [0.4, 0.5) is 0 Å².